The highest BCUT2D eigenvalue weighted by Gasteiger charge is 2.12. The van der Waals surface area contributed by atoms with Gasteiger partial charge in [0.2, 0.25) is 5.89 Å². The fraction of sp³-hybridized carbons (Fsp3) is 0. The molecule has 0 spiro atoms. The zero-order chi connectivity index (χ0) is 22.7. The van der Waals surface area contributed by atoms with Crippen LogP contribution in [0.4, 0.5) is 0 Å². The zero-order valence-electron chi connectivity index (χ0n) is 18.2. The highest BCUT2D eigenvalue weighted by Crippen LogP contribution is 2.26. The standard InChI is InChI=1S/C29H20N4O/c1-3-9-22(10-4-1)28-26(31-33(32-28)24-11-5-2-6-12-24)20-17-21-15-18-23(19-16-21)29-30-25-13-7-8-14-27(25)34-29/h1-20H. The van der Waals surface area contributed by atoms with Gasteiger partial charge in [-0.05, 0) is 48.0 Å². The van der Waals surface area contributed by atoms with Crippen molar-refractivity contribution in [3.63, 3.8) is 0 Å². The van der Waals surface area contributed by atoms with Gasteiger partial charge in [0.25, 0.3) is 0 Å². The second-order valence-electron chi connectivity index (χ2n) is 7.87. The van der Waals surface area contributed by atoms with E-state index in [9.17, 15) is 0 Å². The van der Waals surface area contributed by atoms with Crippen molar-refractivity contribution in [3.05, 3.63) is 120 Å². The van der Waals surface area contributed by atoms with E-state index in [1.54, 1.807) is 4.80 Å². The van der Waals surface area contributed by atoms with Gasteiger partial charge in [-0.15, -0.1) is 10.2 Å². The molecule has 0 radical (unpaired) electrons. The molecule has 2 heterocycles. The lowest BCUT2D eigenvalue weighted by Crippen LogP contribution is -1.98. The third-order valence-electron chi connectivity index (χ3n) is 5.56. The lowest BCUT2D eigenvalue weighted by Gasteiger charge is -1.98. The van der Waals surface area contributed by atoms with E-state index in [-0.39, 0.29) is 0 Å². The molecular formula is C29H20N4O. The average Bonchev–Trinajstić information content (AvgIpc) is 3.54. The fourth-order valence-electron chi connectivity index (χ4n) is 3.82. The number of para-hydroxylation sites is 3. The summed E-state index contributed by atoms with van der Waals surface area (Å²) in [7, 11) is 0. The predicted molar refractivity (Wildman–Crippen MR) is 135 cm³/mol. The molecule has 0 saturated carbocycles. The molecule has 34 heavy (non-hydrogen) atoms. The summed E-state index contributed by atoms with van der Waals surface area (Å²) in [6.07, 6.45) is 4.05. The van der Waals surface area contributed by atoms with Crippen LogP contribution >= 0.6 is 0 Å². The van der Waals surface area contributed by atoms with Crippen LogP contribution in [0.2, 0.25) is 0 Å². The van der Waals surface area contributed by atoms with E-state index in [2.05, 4.69) is 4.98 Å². The Kier molecular flexibility index (Phi) is 5.05. The maximum Gasteiger partial charge on any atom is 0.227 e. The normalized spacial score (nSPS) is 11.4. The number of fused-ring (bicyclic) bond motifs is 1. The van der Waals surface area contributed by atoms with Crippen LogP contribution in [-0.4, -0.2) is 20.0 Å². The van der Waals surface area contributed by atoms with E-state index in [0.717, 1.165) is 44.9 Å². The number of hydrogen-bond donors (Lipinski definition) is 0. The minimum atomic E-state index is 0.619. The van der Waals surface area contributed by atoms with Crippen LogP contribution in [0.1, 0.15) is 11.3 Å². The fourth-order valence-corrected chi connectivity index (χ4v) is 3.82. The van der Waals surface area contributed by atoms with Gasteiger partial charge in [-0.3, -0.25) is 0 Å². The Morgan fingerprint density at radius 3 is 2.09 bits per heavy atom. The van der Waals surface area contributed by atoms with Gasteiger partial charge in [-0.1, -0.05) is 78.9 Å². The number of rotatable bonds is 5. The second kappa shape index (κ2) is 8.64. The van der Waals surface area contributed by atoms with Gasteiger partial charge in [-0.2, -0.15) is 4.80 Å². The molecule has 0 bridgehead atoms. The predicted octanol–water partition coefficient (Wildman–Crippen LogP) is 6.91. The van der Waals surface area contributed by atoms with Crippen LogP contribution in [0.15, 0.2) is 114 Å². The van der Waals surface area contributed by atoms with Gasteiger partial charge in [0, 0.05) is 11.1 Å². The molecule has 0 aliphatic rings. The van der Waals surface area contributed by atoms with E-state index in [1.165, 1.54) is 0 Å². The third-order valence-corrected chi connectivity index (χ3v) is 5.56. The summed E-state index contributed by atoms with van der Waals surface area (Å²) in [4.78, 5) is 6.26. The number of benzene rings is 4. The van der Waals surface area contributed by atoms with Crippen LogP contribution in [0, 0.1) is 0 Å². The van der Waals surface area contributed by atoms with Gasteiger partial charge in [-0.25, -0.2) is 4.98 Å². The van der Waals surface area contributed by atoms with E-state index >= 15 is 0 Å². The van der Waals surface area contributed by atoms with Crippen molar-refractivity contribution < 1.29 is 4.42 Å². The third kappa shape index (κ3) is 3.91. The van der Waals surface area contributed by atoms with Gasteiger partial charge in [0.1, 0.15) is 16.9 Å². The number of oxazole rings is 1. The Morgan fingerprint density at radius 2 is 1.32 bits per heavy atom. The molecule has 4 aromatic carbocycles. The largest absolute Gasteiger partial charge is 0.436 e. The van der Waals surface area contributed by atoms with Crippen molar-refractivity contribution in [2.24, 2.45) is 0 Å². The van der Waals surface area contributed by atoms with E-state index in [4.69, 9.17) is 14.6 Å². The molecule has 2 aromatic heterocycles. The molecule has 0 aliphatic heterocycles. The smallest absolute Gasteiger partial charge is 0.227 e. The Morgan fingerprint density at radius 1 is 0.618 bits per heavy atom. The van der Waals surface area contributed by atoms with Gasteiger partial charge < -0.3 is 4.42 Å². The van der Waals surface area contributed by atoms with Gasteiger partial charge in [0.15, 0.2) is 5.58 Å². The summed E-state index contributed by atoms with van der Waals surface area (Å²) >= 11 is 0. The topological polar surface area (TPSA) is 56.7 Å². The maximum atomic E-state index is 5.88. The SMILES string of the molecule is C(=Cc1nn(-c2ccccc2)nc1-c1ccccc1)c1ccc(-c2nc3ccccc3o2)cc1. The first-order valence-electron chi connectivity index (χ1n) is 11.1. The van der Waals surface area contributed by atoms with Crippen molar-refractivity contribution >= 4 is 23.3 Å². The molecule has 0 unspecified atom stereocenters. The first-order valence-corrected chi connectivity index (χ1v) is 11.1. The molecule has 5 nitrogen and oxygen atoms in total. The molecule has 0 aliphatic carbocycles. The Balaban J connectivity index is 1.32. The van der Waals surface area contributed by atoms with Crippen LogP contribution in [-0.2, 0) is 0 Å². The van der Waals surface area contributed by atoms with E-state index < -0.39 is 0 Å². The van der Waals surface area contributed by atoms with Gasteiger partial charge >= 0.3 is 0 Å². The van der Waals surface area contributed by atoms with Crippen LogP contribution in [0.3, 0.4) is 0 Å². The monoisotopic (exact) mass is 440 g/mol. The molecule has 6 aromatic rings. The van der Waals surface area contributed by atoms with Crippen molar-refractivity contribution in [1.29, 1.82) is 0 Å². The lowest BCUT2D eigenvalue weighted by atomic mass is 10.1. The number of aromatic nitrogens is 4. The molecule has 0 N–H and O–H groups in total. The minimum absolute atomic E-state index is 0.619. The second-order valence-corrected chi connectivity index (χ2v) is 7.87. The minimum Gasteiger partial charge on any atom is -0.436 e. The Bertz CT molecular complexity index is 1550. The molecule has 162 valence electrons. The summed E-state index contributed by atoms with van der Waals surface area (Å²) in [5, 5.41) is 9.53. The lowest BCUT2D eigenvalue weighted by molar-refractivity contribution is 0.620. The van der Waals surface area contributed by atoms with Crippen molar-refractivity contribution in [2.45, 2.75) is 0 Å². The maximum absolute atomic E-state index is 5.88. The van der Waals surface area contributed by atoms with Crippen molar-refractivity contribution in [3.8, 4) is 28.4 Å². The molecule has 0 atom stereocenters. The molecular weight excluding hydrogens is 420 g/mol. The highest BCUT2D eigenvalue weighted by atomic mass is 16.3. The van der Waals surface area contributed by atoms with Gasteiger partial charge in [0.05, 0.1) is 5.69 Å². The number of nitrogens with zero attached hydrogens (tertiary/aromatic N) is 4. The quantitative estimate of drug-likeness (QED) is 0.292. The molecule has 0 saturated heterocycles. The van der Waals surface area contributed by atoms with E-state index in [0.29, 0.717) is 5.89 Å². The summed E-state index contributed by atoms with van der Waals surface area (Å²) in [5.41, 5.74) is 7.22. The molecule has 5 heteroatoms. The highest BCUT2D eigenvalue weighted by molar-refractivity contribution is 5.78. The van der Waals surface area contributed by atoms with Crippen molar-refractivity contribution in [2.75, 3.05) is 0 Å². The van der Waals surface area contributed by atoms with Crippen molar-refractivity contribution in [1.82, 2.24) is 20.0 Å². The first kappa shape index (κ1) is 19.9. The summed E-state index contributed by atoms with van der Waals surface area (Å²) in [5.74, 6) is 0.619. The van der Waals surface area contributed by atoms with Crippen LogP contribution in [0.25, 0.3) is 51.7 Å². The number of hydrogen-bond acceptors (Lipinski definition) is 4. The molecule has 0 amide bonds. The zero-order valence-corrected chi connectivity index (χ0v) is 18.2. The molecule has 6 rings (SSSR count). The Hall–Kier alpha value is -4.77. The first-order chi connectivity index (χ1) is 16.8. The van der Waals surface area contributed by atoms with E-state index in [1.807, 2.05) is 121 Å². The summed E-state index contributed by atoms with van der Waals surface area (Å²) < 4.78 is 5.88. The average molecular weight is 441 g/mol. The summed E-state index contributed by atoms with van der Waals surface area (Å²) in [6.45, 7) is 0. The van der Waals surface area contributed by atoms with Crippen LogP contribution < -0.4 is 0 Å². The van der Waals surface area contributed by atoms with Crippen LogP contribution in [0.5, 0.6) is 0 Å². The molecule has 0 fully saturated rings. The summed E-state index contributed by atoms with van der Waals surface area (Å²) in [6, 6.07) is 36.0. The Labute approximate surface area is 196 Å².